The zero-order chi connectivity index (χ0) is 25.7. The maximum Gasteiger partial charge on any atom is 0.264 e. The second-order valence-electron chi connectivity index (χ2n) is 8.11. The first kappa shape index (κ1) is 25.2. The minimum atomic E-state index is -3.97. The van der Waals surface area contributed by atoms with Crippen molar-refractivity contribution in [2.24, 2.45) is 0 Å². The normalized spacial score (nSPS) is 14.9. The number of fused-ring (bicyclic) bond motifs is 1. The molecule has 1 amide bonds. The van der Waals surface area contributed by atoms with Gasteiger partial charge < -0.3 is 24.3 Å². The average Bonchev–Trinajstić information content (AvgIpc) is 2.90. The van der Waals surface area contributed by atoms with Crippen LogP contribution in [-0.2, 0) is 14.8 Å². The third kappa shape index (κ3) is 5.49. The molecule has 190 valence electrons. The summed E-state index contributed by atoms with van der Waals surface area (Å²) in [5.74, 6) is 1.70. The second kappa shape index (κ2) is 10.8. The molecule has 0 bridgehead atoms. The van der Waals surface area contributed by atoms with Gasteiger partial charge in [-0.25, -0.2) is 8.42 Å². The first-order valence-corrected chi connectivity index (χ1v) is 12.7. The number of ether oxygens (including phenoxy) is 4. The summed E-state index contributed by atoms with van der Waals surface area (Å²) in [5.41, 5.74) is 1.25. The molecule has 3 aromatic carbocycles. The van der Waals surface area contributed by atoms with E-state index in [1.807, 2.05) is 6.92 Å². The van der Waals surface area contributed by atoms with Crippen molar-refractivity contribution in [2.75, 3.05) is 38.2 Å². The molecule has 0 fully saturated rings. The van der Waals surface area contributed by atoms with Gasteiger partial charge in [0.15, 0.2) is 6.10 Å². The monoisotopic (exact) mass is 512 g/mol. The Morgan fingerprint density at radius 3 is 2.44 bits per heavy atom. The molecular weight excluding hydrogens is 484 g/mol. The van der Waals surface area contributed by atoms with Crippen molar-refractivity contribution < 1.29 is 32.2 Å². The second-order valence-corrected chi connectivity index (χ2v) is 9.97. The highest BCUT2D eigenvalue weighted by molar-refractivity contribution is 7.92. The van der Waals surface area contributed by atoms with Gasteiger partial charge in [0.05, 0.1) is 37.9 Å². The average molecular weight is 513 g/mol. The molecule has 1 atom stereocenters. The summed E-state index contributed by atoms with van der Waals surface area (Å²) in [5, 5.41) is 2.77. The molecule has 0 saturated heterocycles. The number of sulfonamides is 1. The summed E-state index contributed by atoms with van der Waals surface area (Å²) < 4.78 is 50.2. The van der Waals surface area contributed by atoms with Gasteiger partial charge >= 0.3 is 0 Å². The van der Waals surface area contributed by atoms with Crippen LogP contribution in [0.4, 0.5) is 5.69 Å². The molecule has 9 nitrogen and oxygen atoms in total. The van der Waals surface area contributed by atoms with Crippen LogP contribution in [0.1, 0.15) is 5.56 Å². The summed E-state index contributed by atoms with van der Waals surface area (Å²) in [4.78, 5) is 13.0. The van der Waals surface area contributed by atoms with Crippen LogP contribution in [0.15, 0.2) is 71.6 Å². The smallest absolute Gasteiger partial charge is 0.264 e. The van der Waals surface area contributed by atoms with Crippen LogP contribution in [0, 0.1) is 6.92 Å². The highest BCUT2D eigenvalue weighted by Gasteiger charge is 2.37. The Hall–Kier alpha value is -3.92. The van der Waals surface area contributed by atoms with Crippen molar-refractivity contribution in [2.45, 2.75) is 17.9 Å². The Morgan fingerprint density at radius 1 is 1.00 bits per heavy atom. The molecule has 0 saturated carbocycles. The van der Waals surface area contributed by atoms with Crippen molar-refractivity contribution in [3.63, 3.8) is 0 Å². The van der Waals surface area contributed by atoms with E-state index in [2.05, 4.69) is 5.32 Å². The van der Waals surface area contributed by atoms with Gasteiger partial charge in [-0.1, -0.05) is 12.1 Å². The molecule has 0 radical (unpaired) electrons. The van der Waals surface area contributed by atoms with Crippen molar-refractivity contribution in [1.82, 2.24) is 5.32 Å². The fourth-order valence-electron chi connectivity index (χ4n) is 3.75. The van der Waals surface area contributed by atoms with Crippen molar-refractivity contribution in [1.29, 1.82) is 0 Å². The van der Waals surface area contributed by atoms with E-state index in [0.717, 1.165) is 5.56 Å². The van der Waals surface area contributed by atoms with E-state index < -0.39 is 22.0 Å². The lowest BCUT2D eigenvalue weighted by Crippen LogP contribution is -2.51. The molecule has 10 heteroatoms. The van der Waals surface area contributed by atoms with Crippen molar-refractivity contribution in [3.8, 4) is 23.0 Å². The minimum Gasteiger partial charge on any atom is -0.497 e. The summed E-state index contributed by atoms with van der Waals surface area (Å²) in [6.45, 7) is 2.12. The molecule has 0 aliphatic carbocycles. The third-order valence-corrected chi connectivity index (χ3v) is 7.43. The van der Waals surface area contributed by atoms with E-state index in [1.165, 1.54) is 23.5 Å². The predicted octanol–water partition coefficient (Wildman–Crippen LogP) is 3.16. The molecule has 1 heterocycles. The summed E-state index contributed by atoms with van der Waals surface area (Å²) >= 11 is 0. The molecule has 1 unspecified atom stereocenters. The lowest BCUT2D eigenvalue weighted by atomic mass is 10.1. The number of benzene rings is 3. The SMILES string of the molecule is COc1ccc(S(=O)(=O)N2CC(C(=O)NCCOc3cccc(OC)c3)Oc3cc(C)ccc32)cc1. The maximum atomic E-state index is 13.5. The topological polar surface area (TPSA) is 103 Å². The van der Waals surface area contributed by atoms with E-state index >= 15 is 0 Å². The predicted molar refractivity (Wildman–Crippen MR) is 135 cm³/mol. The molecule has 4 rings (SSSR count). The van der Waals surface area contributed by atoms with Crippen LogP contribution in [0.2, 0.25) is 0 Å². The standard InChI is InChI=1S/C26H28N2O7S/c1-18-7-12-23-24(15-18)35-25(17-28(23)36(30,31)22-10-8-19(32-2)9-11-22)26(29)27-13-14-34-21-6-4-5-20(16-21)33-3/h4-12,15-16,25H,13-14,17H2,1-3H3,(H,27,29). The van der Waals surface area contributed by atoms with Crippen LogP contribution < -0.4 is 28.6 Å². The Labute approximate surface area is 210 Å². The minimum absolute atomic E-state index is 0.0857. The van der Waals surface area contributed by atoms with E-state index in [-0.39, 0.29) is 24.6 Å². The van der Waals surface area contributed by atoms with Gasteiger partial charge in [0.2, 0.25) is 0 Å². The van der Waals surface area contributed by atoms with Crippen molar-refractivity contribution in [3.05, 3.63) is 72.3 Å². The van der Waals surface area contributed by atoms with Gasteiger partial charge in [-0.2, -0.15) is 0 Å². The van der Waals surface area contributed by atoms with Gasteiger partial charge in [-0.15, -0.1) is 0 Å². The third-order valence-electron chi connectivity index (χ3n) is 5.64. The molecule has 36 heavy (non-hydrogen) atoms. The van der Waals surface area contributed by atoms with E-state index in [4.69, 9.17) is 18.9 Å². The van der Waals surface area contributed by atoms with Gasteiger partial charge in [0.25, 0.3) is 15.9 Å². The zero-order valence-corrected chi connectivity index (χ0v) is 21.1. The number of rotatable bonds is 9. The summed E-state index contributed by atoms with van der Waals surface area (Å²) in [6, 6.07) is 18.5. The van der Waals surface area contributed by atoms with E-state index in [9.17, 15) is 13.2 Å². The highest BCUT2D eigenvalue weighted by atomic mass is 32.2. The first-order valence-electron chi connectivity index (χ1n) is 11.3. The van der Waals surface area contributed by atoms with Gasteiger partial charge in [-0.05, 0) is 61.0 Å². The van der Waals surface area contributed by atoms with Crippen LogP contribution in [0.5, 0.6) is 23.0 Å². The molecule has 1 aliphatic heterocycles. The summed E-state index contributed by atoms with van der Waals surface area (Å²) in [6.07, 6.45) is -1.04. The van der Waals surface area contributed by atoms with E-state index in [1.54, 1.807) is 61.7 Å². The number of carbonyl (C=O) groups is 1. The quantitative estimate of drug-likeness (QED) is 0.439. The number of carbonyl (C=O) groups excluding carboxylic acids is 1. The lowest BCUT2D eigenvalue weighted by Gasteiger charge is -2.35. The first-order chi connectivity index (χ1) is 17.3. The van der Waals surface area contributed by atoms with Crippen LogP contribution in [0.3, 0.4) is 0 Å². The molecule has 3 aromatic rings. The number of hydrogen-bond acceptors (Lipinski definition) is 7. The Bertz CT molecular complexity index is 1330. The van der Waals surface area contributed by atoms with Crippen LogP contribution in [0.25, 0.3) is 0 Å². The Balaban J connectivity index is 1.48. The number of methoxy groups -OCH3 is 2. The van der Waals surface area contributed by atoms with Gasteiger partial charge in [0.1, 0.15) is 29.6 Å². The number of nitrogens with one attached hydrogen (secondary N) is 1. The molecule has 0 aromatic heterocycles. The fourth-order valence-corrected chi connectivity index (χ4v) is 5.22. The molecule has 1 aliphatic rings. The Morgan fingerprint density at radius 2 is 1.72 bits per heavy atom. The van der Waals surface area contributed by atoms with Crippen molar-refractivity contribution >= 4 is 21.6 Å². The highest BCUT2D eigenvalue weighted by Crippen LogP contribution is 2.38. The summed E-state index contributed by atoms with van der Waals surface area (Å²) in [7, 11) is -0.887. The van der Waals surface area contributed by atoms with E-state index in [0.29, 0.717) is 28.7 Å². The number of anilines is 1. The number of aryl methyl sites for hydroxylation is 1. The number of hydrogen-bond donors (Lipinski definition) is 1. The number of amides is 1. The van der Waals surface area contributed by atoms with Crippen LogP contribution >= 0.6 is 0 Å². The van der Waals surface area contributed by atoms with Gasteiger partial charge in [-0.3, -0.25) is 9.10 Å². The maximum absolute atomic E-state index is 13.5. The largest absolute Gasteiger partial charge is 0.497 e. The number of nitrogens with zero attached hydrogens (tertiary/aromatic N) is 1. The Kier molecular flexibility index (Phi) is 7.54. The molecule has 1 N–H and O–H groups in total. The van der Waals surface area contributed by atoms with Gasteiger partial charge in [0, 0.05) is 6.07 Å². The molecular formula is C26H28N2O7S. The lowest BCUT2D eigenvalue weighted by molar-refractivity contribution is -0.127. The van der Waals surface area contributed by atoms with Crippen LogP contribution in [-0.4, -0.2) is 54.3 Å². The molecule has 0 spiro atoms. The fraction of sp³-hybridized carbons (Fsp3) is 0.269. The zero-order valence-electron chi connectivity index (χ0n) is 20.3.